The Morgan fingerprint density at radius 3 is 2.81 bits per heavy atom. The molecular formula is C20H18FN3O3. The summed E-state index contributed by atoms with van der Waals surface area (Å²) in [6, 6.07) is 12.7. The molecule has 7 heteroatoms. The Kier molecular flexibility index (Phi) is 4.58. The van der Waals surface area contributed by atoms with Crippen molar-refractivity contribution in [3.05, 3.63) is 65.8 Å². The van der Waals surface area contributed by atoms with Crippen molar-refractivity contribution in [2.75, 3.05) is 13.7 Å². The molecule has 4 rings (SSSR count). The summed E-state index contributed by atoms with van der Waals surface area (Å²) >= 11 is 0. The Hall–Kier alpha value is -3.22. The maximum atomic E-state index is 13.5. The van der Waals surface area contributed by atoms with Gasteiger partial charge in [0.25, 0.3) is 5.91 Å². The van der Waals surface area contributed by atoms with Crippen LogP contribution in [-0.4, -0.2) is 34.6 Å². The van der Waals surface area contributed by atoms with E-state index < -0.39 is 5.82 Å². The smallest absolute Gasteiger partial charge is 0.254 e. The number of likely N-dealkylation sites (tertiary alicyclic amines) is 1. The summed E-state index contributed by atoms with van der Waals surface area (Å²) in [7, 11) is 1.60. The minimum atomic E-state index is -0.434. The third-order valence-corrected chi connectivity index (χ3v) is 4.66. The second kappa shape index (κ2) is 7.19. The van der Waals surface area contributed by atoms with E-state index in [1.165, 1.54) is 18.2 Å². The first-order chi connectivity index (χ1) is 13.2. The molecule has 1 unspecified atom stereocenters. The predicted molar refractivity (Wildman–Crippen MR) is 95.7 cm³/mol. The molecule has 1 aromatic heterocycles. The average Bonchev–Trinajstić information content (AvgIpc) is 3.37. The number of carbonyl (C=O) groups excluding carboxylic acids is 1. The van der Waals surface area contributed by atoms with Gasteiger partial charge in [0.1, 0.15) is 17.6 Å². The SMILES string of the molecule is COc1ccc(-c2noc(C3CCCN3C(=O)c3cccc(F)c3)n2)cc1. The van der Waals surface area contributed by atoms with Gasteiger partial charge in [-0.3, -0.25) is 4.79 Å². The number of hydrogen-bond donors (Lipinski definition) is 0. The summed E-state index contributed by atoms with van der Waals surface area (Å²) in [6.45, 7) is 0.570. The minimum Gasteiger partial charge on any atom is -0.497 e. The van der Waals surface area contributed by atoms with Crippen LogP contribution in [0.2, 0.25) is 0 Å². The van der Waals surface area contributed by atoms with Crippen LogP contribution in [-0.2, 0) is 0 Å². The van der Waals surface area contributed by atoms with Gasteiger partial charge in [0.05, 0.1) is 7.11 Å². The highest BCUT2D eigenvalue weighted by molar-refractivity contribution is 5.94. The number of rotatable bonds is 4. The first kappa shape index (κ1) is 17.2. The summed E-state index contributed by atoms with van der Waals surface area (Å²) in [6.07, 6.45) is 1.55. The average molecular weight is 367 g/mol. The zero-order valence-corrected chi connectivity index (χ0v) is 14.8. The van der Waals surface area contributed by atoms with Crippen molar-refractivity contribution in [3.63, 3.8) is 0 Å². The molecular weight excluding hydrogens is 349 g/mol. The zero-order valence-electron chi connectivity index (χ0n) is 14.8. The molecule has 0 bridgehead atoms. The van der Waals surface area contributed by atoms with E-state index in [1.54, 1.807) is 18.1 Å². The highest BCUT2D eigenvalue weighted by atomic mass is 19.1. The second-order valence-electron chi connectivity index (χ2n) is 6.35. The molecule has 0 saturated carbocycles. The third kappa shape index (κ3) is 3.40. The topological polar surface area (TPSA) is 68.5 Å². The fourth-order valence-corrected chi connectivity index (χ4v) is 3.28. The van der Waals surface area contributed by atoms with Gasteiger partial charge in [-0.2, -0.15) is 4.98 Å². The Morgan fingerprint density at radius 1 is 1.26 bits per heavy atom. The van der Waals surface area contributed by atoms with Crippen molar-refractivity contribution in [3.8, 4) is 17.1 Å². The van der Waals surface area contributed by atoms with Gasteiger partial charge >= 0.3 is 0 Å². The quantitative estimate of drug-likeness (QED) is 0.700. The van der Waals surface area contributed by atoms with Gasteiger partial charge in [-0.1, -0.05) is 11.2 Å². The van der Waals surface area contributed by atoms with Crippen molar-refractivity contribution in [2.45, 2.75) is 18.9 Å². The fourth-order valence-electron chi connectivity index (χ4n) is 3.28. The Morgan fingerprint density at radius 2 is 2.07 bits per heavy atom. The molecule has 6 nitrogen and oxygen atoms in total. The molecule has 3 aromatic rings. The normalized spacial score (nSPS) is 16.5. The lowest BCUT2D eigenvalue weighted by molar-refractivity contribution is 0.0709. The van der Waals surface area contributed by atoms with Crippen LogP contribution in [0.15, 0.2) is 53.1 Å². The van der Waals surface area contributed by atoms with Gasteiger partial charge in [-0.05, 0) is 55.3 Å². The molecule has 0 spiro atoms. The van der Waals surface area contributed by atoms with Crippen molar-refractivity contribution in [1.82, 2.24) is 15.0 Å². The maximum Gasteiger partial charge on any atom is 0.254 e. The molecule has 0 N–H and O–H groups in total. The number of halogens is 1. The van der Waals surface area contributed by atoms with Crippen LogP contribution in [0, 0.1) is 5.82 Å². The minimum absolute atomic E-state index is 0.235. The number of ether oxygens (including phenoxy) is 1. The van der Waals surface area contributed by atoms with E-state index in [1.807, 2.05) is 24.3 Å². The summed E-state index contributed by atoms with van der Waals surface area (Å²) < 4.78 is 24.0. The molecule has 2 heterocycles. The van der Waals surface area contributed by atoms with Crippen molar-refractivity contribution in [2.24, 2.45) is 0 Å². The summed E-state index contributed by atoms with van der Waals surface area (Å²) in [5, 5.41) is 4.04. The van der Waals surface area contributed by atoms with Gasteiger partial charge in [0, 0.05) is 17.7 Å². The Labute approximate surface area is 155 Å². The van der Waals surface area contributed by atoms with Crippen LogP contribution in [0.5, 0.6) is 5.75 Å². The lowest BCUT2D eigenvalue weighted by Crippen LogP contribution is -2.30. The van der Waals surface area contributed by atoms with Crippen LogP contribution >= 0.6 is 0 Å². The van der Waals surface area contributed by atoms with Crippen molar-refractivity contribution in [1.29, 1.82) is 0 Å². The molecule has 27 heavy (non-hydrogen) atoms. The molecule has 1 fully saturated rings. The van der Waals surface area contributed by atoms with E-state index in [0.29, 0.717) is 23.8 Å². The van der Waals surface area contributed by atoms with Gasteiger partial charge in [0.2, 0.25) is 11.7 Å². The van der Waals surface area contributed by atoms with E-state index >= 15 is 0 Å². The fraction of sp³-hybridized carbons (Fsp3) is 0.250. The van der Waals surface area contributed by atoms with E-state index in [9.17, 15) is 9.18 Å². The van der Waals surface area contributed by atoms with Crippen molar-refractivity contribution < 1.29 is 18.4 Å². The largest absolute Gasteiger partial charge is 0.497 e. The molecule has 138 valence electrons. The summed E-state index contributed by atoms with van der Waals surface area (Å²) in [5.74, 6) is 0.920. The molecule has 1 amide bonds. The molecule has 1 aliphatic heterocycles. The second-order valence-corrected chi connectivity index (χ2v) is 6.35. The zero-order chi connectivity index (χ0) is 18.8. The van der Waals surface area contributed by atoms with E-state index in [2.05, 4.69) is 10.1 Å². The Bertz CT molecular complexity index is 955. The molecule has 1 saturated heterocycles. The maximum absolute atomic E-state index is 13.5. The monoisotopic (exact) mass is 367 g/mol. The predicted octanol–water partition coefficient (Wildman–Crippen LogP) is 3.86. The van der Waals surface area contributed by atoms with Crippen LogP contribution in [0.25, 0.3) is 11.4 Å². The highest BCUT2D eigenvalue weighted by Gasteiger charge is 2.34. The summed E-state index contributed by atoms with van der Waals surface area (Å²) in [5.41, 5.74) is 1.11. The molecule has 2 aromatic carbocycles. The number of amides is 1. The number of aromatic nitrogens is 2. The first-order valence-corrected chi connectivity index (χ1v) is 8.70. The van der Waals surface area contributed by atoms with Crippen LogP contribution < -0.4 is 4.74 Å². The van der Waals surface area contributed by atoms with E-state index in [-0.39, 0.29) is 11.9 Å². The molecule has 0 radical (unpaired) electrons. The summed E-state index contributed by atoms with van der Waals surface area (Å²) in [4.78, 5) is 18.9. The van der Waals surface area contributed by atoms with Gasteiger partial charge < -0.3 is 14.2 Å². The van der Waals surface area contributed by atoms with Gasteiger partial charge in [0.15, 0.2) is 0 Å². The van der Waals surface area contributed by atoms with Crippen LogP contribution in [0.4, 0.5) is 4.39 Å². The molecule has 1 atom stereocenters. The lowest BCUT2D eigenvalue weighted by Gasteiger charge is -2.21. The number of nitrogens with zero attached hydrogens (tertiary/aromatic N) is 3. The van der Waals surface area contributed by atoms with Crippen LogP contribution in [0.1, 0.15) is 35.1 Å². The Balaban J connectivity index is 1.57. The van der Waals surface area contributed by atoms with E-state index in [0.717, 1.165) is 24.2 Å². The molecule has 0 aliphatic carbocycles. The highest BCUT2D eigenvalue weighted by Crippen LogP contribution is 2.33. The number of methoxy groups -OCH3 is 1. The number of hydrogen-bond acceptors (Lipinski definition) is 5. The first-order valence-electron chi connectivity index (χ1n) is 8.70. The third-order valence-electron chi connectivity index (χ3n) is 4.66. The number of benzene rings is 2. The standard InChI is InChI=1S/C20H18FN3O3/c1-26-16-9-7-13(8-10-16)18-22-19(27-23-18)17-6-3-11-24(17)20(25)14-4-2-5-15(21)12-14/h2,4-5,7-10,12,17H,3,6,11H2,1H3. The number of carbonyl (C=O) groups is 1. The van der Waals surface area contributed by atoms with Crippen LogP contribution in [0.3, 0.4) is 0 Å². The van der Waals surface area contributed by atoms with E-state index in [4.69, 9.17) is 9.26 Å². The van der Waals surface area contributed by atoms with Gasteiger partial charge in [-0.15, -0.1) is 0 Å². The lowest BCUT2D eigenvalue weighted by atomic mass is 10.1. The van der Waals surface area contributed by atoms with Gasteiger partial charge in [-0.25, -0.2) is 4.39 Å². The van der Waals surface area contributed by atoms with Crippen molar-refractivity contribution >= 4 is 5.91 Å². The molecule has 1 aliphatic rings.